The zero-order chi connectivity index (χ0) is 16.8. The molecule has 2 nitrogen and oxygen atoms in total. The number of ketones is 1. The van der Waals surface area contributed by atoms with Gasteiger partial charge < -0.3 is 5.32 Å². The Morgan fingerprint density at radius 2 is 1.74 bits per heavy atom. The molecule has 23 heavy (non-hydrogen) atoms. The number of hydrogen-bond acceptors (Lipinski definition) is 2. The first-order chi connectivity index (χ1) is 11.1. The Morgan fingerprint density at radius 1 is 1.09 bits per heavy atom. The number of carbonyl (C=O) groups excluding carboxylic acids is 1. The second-order valence-corrected chi connectivity index (χ2v) is 5.50. The van der Waals surface area contributed by atoms with Gasteiger partial charge in [-0.05, 0) is 54.8 Å². The van der Waals surface area contributed by atoms with Crippen LogP contribution in [0.3, 0.4) is 0 Å². The summed E-state index contributed by atoms with van der Waals surface area (Å²) in [5.41, 5.74) is 5.53. The Labute approximate surface area is 138 Å². The van der Waals surface area contributed by atoms with Crippen molar-refractivity contribution in [1.29, 1.82) is 0 Å². The number of hydrogen-bond donors (Lipinski definition) is 1. The summed E-state index contributed by atoms with van der Waals surface area (Å²) in [7, 11) is 1.80. The van der Waals surface area contributed by atoms with Crippen LogP contribution in [0.15, 0.2) is 55.1 Å². The molecule has 2 aromatic rings. The first-order valence-electron chi connectivity index (χ1n) is 7.78. The zero-order valence-corrected chi connectivity index (χ0v) is 14.0. The van der Waals surface area contributed by atoms with Gasteiger partial charge in [-0.2, -0.15) is 0 Å². The largest absolute Gasteiger partial charge is 0.307 e. The number of likely N-dealkylation sites (N-methyl/N-ethyl adjacent to an activating group) is 1. The van der Waals surface area contributed by atoms with E-state index < -0.39 is 0 Å². The van der Waals surface area contributed by atoms with Crippen LogP contribution in [0.5, 0.6) is 0 Å². The Bertz CT molecular complexity index is 726. The lowest BCUT2D eigenvalue weighted by Crippen LogP contribution is -2.23. The van der Waals surface area contributed by atoms with E-state index in [2.05, 4.69) is 48.3 Å². The Hall–Kier alpha value is -2.45. The molecule has 0 aliphatic rings. The van der Waals surface area contributed by atoms with Crippen LogP contribution in [0, 0.1) is 0 Å². The molecule has 1 N–H and O–H groups in total. The van der Waals surface area contributed by atoms with Gasteiger partial charge in [-0.3, -0.25) is 4.79 Å². The molecule has 0 heterocycles. The minimum atomic E-state index is -0.246. The number of Topliss-reactive ketones (excluding diaryl/α,β-unsaturated/α-hetero) is 1. The molecular formula is C21H23NO. The molecule has 2 aromatic carbocycles. The third kappa shape index (κ3) is 3.85. The van der Waals surface area contributed by atoms with Gasteiger partial charge in [-0.15, -0.1) is 0 Å². The highest BCUT2D eigenvalue weighted by molar-refractivity contribution is 5.83. The van der Waals surface area contributed by atoms with Crippen LogP contribution in [0.2, 0.25) is 0 Å². The van der Waals surface area contributed by atoms with Crippen molar-refractivity contribution in [2.24, 2.45) is 0 Å². The van der Waals surface area contributed by atoms with Gasteiger partial charge in [0, 0.05) is 0 Å². The molecule has 0 bridgehead atoms. The van der Waals surface area contributed by atoms with Gasteiger partial charge >= 0.3 is 0 Å². The monoisotopic (exact) mass is 305 g/mol. The van der Waals surface area contributed by atoms with E-state index in [4.69, 9.17) is 0 Å². The highest BCUT2D eigenvalue weighted by atomic mass is 16.1. The van der Waals surface area contributed by atoms with Crippen molar-refractivity contribution in [1.82, 2.24) is 5.32 Å². The smallest absolute Gasteiger partial charge is 0.151 e. The second kappa shape index (κ2) is 7.70. The van der Waals surface area contributed by atoms with Crippen molar-refractivity contribution in [2.45, 2.75) is 19.9 Å². The molecule has 0 amide bonds. The topological polar surface area (TPSA) is 29.1 Å². The van der Waals surface area contributed by atoms with Crippen molar-refractivity contribution in [3.05, 3.63) is 71.8 Å². The summed E-state index contributed by atoms with van der Waals surface area (Å²) in [4.78, 5) is 11.6. The maximum Gasteiger partial charge on any atom is 0.151 e. The molecule has 0 aliphatic carbocycles. The molecule has 0 fully saturated rings. The van der Waals surface area contributed by atoms with Crippen molar-refractivity contribution in [3.8, 4) is 11.1 Å². The van der Waals surface area contributed by atoms with E-state index in [0.29, 0.717) is 0 Å². The third-order valence-corrected chi connectivity index (χ3v) is 3.93. The van der Waals surface area contributed by atoms with E-state index in [1.807, 2.05) is 31.2 Å². The van der Waals surface area contributed by atoms with Gasteiger partial charge in [-0.1, -0.05) is 61.2 Å². The minimum absolute atomic E-state index is 0.116. The number of rotatable bonds is 6. The Kier molecular flexibility index (Phi) is 5.67. The summed E-state index contributed by atoms with van der Waals surface area (Å²) in [6, 6.07) is 14.2. The lowest BCUT2D eigenvalue weighted by atomic mass is 9.96. The Balaban J connectivity index is 2.36. The van der Waals surface area contributed by atoms with E-state index in [1.165, 1.54) is 0 Å². The summed E-state index contributed by atoms with van der Waals surface area (Å²) in [5.74, 6) is 0.116. The van der Waals surface area contributed by atoms with Gasteiger partial charge in [0.25, 0.3) is 0 Å². The summed E-state index contributed by atoms with van der Waals surface area (Å²) in [6.07, 6.45) is 5.98. The van der Waals surface area contributed by atoms with Crippen LogP contribution in [0.1, 0.15) is 36.6 Å². The van der Waals surface area contributed by atoms with Gasteiger partial charge in [0.2, 0.25) is 0 Å². The standard InChI is InChI=1S/C21H23NO/c1-5-7-17-10-13-20(14-16(17)6-2)18-8-11-19(12-9-18)21(22-4)15(3)23/h5-14,21-22H,2H2,1,3-4H3/b7-5-/t21-/m1/s1. The van der Waals surface area contributed by atoms with Crippen LogP contribution in [0.4, 0.5) is 0 Å². The fraction of sp³-hybridized carbons (Fsp3) is 0.190. The van der Waals surface area contributed by atoms with Gasteiger partial charge in [0.15, 0.2) is 5.78 Å². The number of carbonyl (C=O) groups is 1. The van der Waals surface area contributed by atoms with Crippen LogP contribution >= 0.6 is 0 Å². The van der Waals surface area contributed by atoms with Crippen LogP contribution < -0.4 is 5.32 Å². The predicted octanol–water partition coefficient (Wildman–Crippen LogP) is 4.88. The van der Waals surface area contributed by atoms with Gasteiger partial charge in [0.05, 0.1) is 6.04 Å². The SMILES string of the molecule is C=Cc1cc(-c2ccc([C@H](NC)C(C)=O)cc2)ccc1/C=C\C. The molecule has 0 spiro atoms. The molecule has 2 heteroatoms. The maximum atomic E-state index is 11.6. The Morgan fingerprint density at radius 3 is 2.26 bits per heavy atom. The average molecular weight is 305 g/mol. The van der Waals surface area contributed by atoms with Crippen molar-refractivity contribution >= 4 is 17.9 Å². The summed E-state index contributed by atoms with van der Waals surface area (Å²) < 4.78 is 0. The first-order valence-corrected chi connectivity index (χ1v) is 7.78. The van der Waals surface area contributed by atoms with E-state index in [0.717, 1.165) is 27.8 Å². The molecular weight excluding hydrogens is 282 g/mol. The zero-order valence-electron chi connectivity index (χ0n) is 14.0. The van der Waals surface area contributed by atoms with E-state index in [-0.39, 0.29) is 11.8 Å². The van der Waals surface area contributed by atoms with Gasteiger partial charge in [0.1, 0.15) is 0 Å². The van der Waals surface area contributed by atoms with Crippen molar-refractivity contribution < 1.29 is 4.79 Å². The molecule has 0 saturated carbocycles. The lowest BCUT2D eigenvalue weighted by molar-refractivity contribution is -0.119. The quantitative estimate of drug-likeness (QED) is 0.824. The number of benzene rings is 2. The number of allylic oxidation sites excluding steroid dienone is 1. The molecule has 0 aromatic heterocycles. The van der Waals surface area contributed by atoms with Crippen LogP contribution in [0.25, 0.3) is 23.3 Å². The molecule has 0 saturated heterocycles. The van der Waals surface area contributed by atoms with E-state index in [1.54, 1.807) is 14.0 Å². The van der Waals surface area contributed by atoms with E-state index >= 15 is 0 Å². The fourth-order valence-electron chi connectivity index (χ4n) is 2.74. The van der Waals surface area contributed by atoms with Gasteiger partial charge in [-0.25, -0.2) is 0 Å². The summed E-state index contributed by atoms with van der Waals surface area (Å²) in [5, 5.41) is 3.05. The highest BCUT2D eigenvalue weighted by Gasteiger charge is 2.13. The third-order valence-electron chi connectivity index (χ3n) is 3.93. The normalized spacial score (nSPS) is 12.3. The lowest BCUT2D eigenvalue weighted by Gasteiger charge is -2.14. The molecule has 0 radical (unpaired) electrons. The van der Waals surface area contributed by atoms with Crippen LogP contribution in [-0.2, 0) is 4.79 Å². The predicted molar refractivity (Wildman–Crippen MR) is 99.2 cm³/mol. The first kappa shape index (κ1) is 16.9. The maximum absolute atomic E-state index is 11.6. The van der Waals surface area contributed by atoms with E-state index in [9.17, 15) is 4.79 Å². The molecule has 1 atom stereocenters. The highest BCUT2D eigenvalue weighted by Crippen LogP contribution is 2.26. The minimum Gasteiger partial charge on any atom is -0.307 e. The summed E-state index contributed by atoms with van der Waals surface area (Å²) >= 11 is 0. The summed E-state index contributed by atoms with van der Waals surface area (Å²) in [6.45, 7) is 7.51. The molecule has 0 unspecified atom stereocenters. The van der Waals surface area contributed by atoms with Crippen LogP contribution in [-0.4, -0.2) is 12.8 Å². The second-order valence-electron chi connectivity index (χ2n) is 5.50. The fourth-order valence-corrected chi connectivity index (χ4v) is 2.74. The van der Waals surface area contributed by atoms with Crippen molar-refractivity contribution in [2.75, 3.05) is 7.05 Å². The molecule has 0 aliphatic heterocycles. The average Bonchev–Trinajstić information content (AvgIpc) is 2.56. The van der Waals surface area contributed by atoms with Crippen molar-refractivity contribution in [3.63, 3.8) is 0 Å². The number of nitrogens with one attached hydrogen (secondary N) is 1. The molecule has 2 rings (SSSR count). The molecule has 118 valence electrons.